The Labute approximate surface area is 396 Å². The molecule has 0 amide bonds. The second kappa shape index (κ2) is 36.1. The Morgan fingerprint density at radius 3 is 1.32 bits per heavy atom. The second-order valence-electron chi connectivity index (χ2n) is 14.0. The van der Waals surface area contributed by atoms with E-state index in [1.807, 2.05) is 24.5 Å². The van der Waals surface area contributed by atoms with Crippen molar-refractivity contribution in [1.29, 1.82) is 10.5 Å². The van der Waals surface area contributed by atoms with Crippen LogP contribution in [0.2, 0.25) is 0 Å². The van der Waals surface area contributed by atoms with E-state index in [0.717, 1.165) is 30.2 Å². The van der Waals surface area contributed by atoms with Crippen LogP contribution in [0.4, 0.5) is 21.7 Å². The number of carbonyl (C=O) groups excluding carboxylic acids is 2. The van der Waals surface area contributed by atoms with Crippen molar-refractivity contribution in [3.05, 3.63) is 115 Å². The molecule has 0 saturated carbocycles. The third-order valence-corrected chi connectivity index (χ3v) is 9.39. The first-order valence-corrected chi connectivity index (χ1v) is 21.8. The number of anilines is 3. The minimum absolute atomic E-state index is 0. The summed E-state index contributed by atoms with van der Waals surface area (Å²) >= 11 is 7.40. The predicted octanol–water partition coefficient (Wildman–Crippen LogP) is 11.9. The van der Waals surface area contributed by atoms with Crippen molar-refractivity contribution in [2.75, 3.05) is 4.90 Å². The van der Waals surface area contributed by atoms with Crippen LogP contribution in [0.1, 0.15) is 115 Å². The standard InChI is InChI=1S/C34H48FN3.C12H8N2O4.2CHNS.Ru/c1-3-5-7-9-11-13-15-17-29-23-25-36-33(27-29)38(32-21-19-31(35)20-22-32)34-28-30(24-26-37-34)18-16-14-12-10-8-6-4-2;15-7-17-9-1-3-13-11(5-9)12-6-10(18-8-16)2-4-14-12;2*2-1-3;/h19-28H,3-18H2,1-2H3;1-8H;2*3H;/q;;;;+2/p-2. The van der Waals surface area contributed by atoms with Crippen molar-refractivity contribution in [2.24, 2.45) is 0 Å². The Balaban J connectivity index is 0.000000658. The minimum atomic E-state index is -0.241. The fourth-order valence-corrected chi connectivity index (χ4v) is 6.38. The summed E-state index contributed by atoms with van der Waals surface area (Å²) in [6.07, 6.45) is 27.1. The quantitative estimate of drug-likeness (QED) is 0.0189. The number of aromatic nitrogens is 4. The topological polar surface area (TPSA) is 155 Å². The summed E-state index contributed by atoms with van der Waals surface area (Å²) in [7, 11) is 0. The van der Waals surface area contributed by atoms with E-state index in [0.29, 0.717) is 35.8 Å². The van der Waals surface area contributed by atoms with Crippen molar-refractivity contribution in [1.82, 2.24) is 19.9 Å². The van der Waals surface area contributed by atoms with Gasteiger partial charge in [-0.15, -0.1) is 0 Å². The Morgan fingerprint density at radius 2 is 0.937 bits per heavy atom. The largest absolute Gasteiger partial charge is 2.00 e. The number of thiocyanates is 2. The van der Waals surface area contributed by atoms with Crippen LogP contribution in [0, 0.1) is 27.1 Å². The number of ether oxygens (including phenoxy) is 2. The van der Waals surface area contributed by atoms with E-state index < -0.39 is 0 Å². The number of unbranched alkanes of at least 4 members (excludes halogenated alkanes) is 12. The Bertz CT molecular complexity index is 1960. The van der Waals surface area contributed by atoms with E-state index in [2.05, 4.69) is 78.2 Å². The SMILES string of the molecule is CCCCCCCCCc1ccnc(N(c2ccc(F)cc2)c2cc(CCCCCCCCC)ccn2)c1.N#C[S-].N#C[S-].O=COc1ccnc(-c2cc(OC=O)ccn2)c1.[Ru+2]. The van der Waals surface area contributed by atoms with E-state index in [4.69, 9.17) is 30.0 Å². The van der Waals surface area contributed by atoms with E-state index in [9.17, 15) is 14.0 Å². The zero-order valence-corrected chi connectivity index (χ0v) is 39.4. The van der Waals surface area contributed by atoms with Crippen molar-refractivity contribution in [3.63, 3.8) is 0 Å². The van der Waals surface area contributed by atoms with Crippen LogP contribution in [0.25, 0.3) is 11.4 Å². The average molecular weight is 979 g/mol. The smallest absolute Gasteiger partial charge is 0.696 e. The Morgan fingerprint density at radius 1 is 0.571 bits per heavy atom. The summed E-state index contributed by atoms with van der Waals surface area (Å²) in [6.45, 7) is 5.19. The van der Waals surface area contributed by atoms with Gasteiger partial charge < -0.3 is 34.7 Å². The maximum Gasteiger partial charge on any atom is 2.00 e. The van der Waals surface area contributed by atoms with Gasteiger partial charge in [0.2, 0.25) is 0 Å². The van der Waals surface area contributed by atoms with Gasteiger partial charge in [-0.05, 0) is 97.5 Å². The fraction of sp³-hybridized carbons (Fsp3) is 0.375. The van der Waals surface area contributed by atoms with Crippen LogP contribution in [-0.4, -0.2) is 32.9 Å². The molecule has 63 heavy (non-hydrogen) atoms. The maximum absolute atomic E-state index is 13.8. The number of hydrogen-bond donors (Lipinski definition) is 0. The average Bonchev–Trinajstić information content (AvgIpc) is 3.28. The first-order valence-electron chi connectivity index (χ1n) is 21.0. The van der Waals surface area contributed by atoms with Gasteiger partial charge in [0.05, 0.1) is 11.4 Å². The number of rotatable bonds is 24. The van der Waals surface area contributed by atoms with Gasteiger partial charge in [0.1, 0.15) is 29.0 Å². The number of nitriles is 2. The van der Waals surface area contributed by atoms with Gasteiger partial charge in [0.15, 0.2) is 0 Å². The number of carbonyl (C=O) groups is 2. The summed E-state index contributed by atoms with van der Waals surface area (Å²) in [5.74, 6) is 2.14. The Hall–Kier alpha value is -5.47. The van der Waals surface area contributed by atoms with Crippen molar-refractivity contribution in [3.8, 4) is 33.7 Å². The number of benzene rings is 1. The molecule has 0 atom stereocenters. The number of halogens is 1. The van der Waals surface area contributed by atoms with Crippen molar-refractivity contribution in [2.45, 2.75) is 117 Å². The summed E-state index contributed by atoms with van der Waals surface area (Å²) in [6, 6.07) is 21.4. The fourth-order valence-electron chi connectivity index (χ4n) is 6.38. The normalized spacial score (nSPS) is 9.67. The molecule has 4 aromatic heterocycles. The van der Waals surface area contributed by atoms with E-state index in [1.165, 1.54) is 136 Å². The molecule has 0 bridgehead atoms. The van der Waals surface area contributed by atoms with E-state index in [1.54, 1.807) is 24.3 Å². The van der Waals surface area contributed by atoms with Crippen LogP contribution in [0.5, 0.6) is 11.5 Å². The molecule has 15 heteroatoms. The molecule has 0 saturated heterocycles. The van der Waals surface area contributed by atoms with Crippen LogP contribution < -0.4 is 14.4 Å². The second-order valence-corrected chi connectivity index (χ2v) is 14.3. The molecular formula is C48H56FN7O4RuS2. The zero-order chi connectivity index (χ0) is 45.0. The summed E-state index contributed by atoms with van der Waals surface area (Å²) < 4.78 is 23.2. The van der Waals surface area contributed by atoms with E-state index in [-0.39, 0.29) is 25.3 Å². The summed E-state index contributed by atoms with van der Waals surface area (Å²) in [4.78, 5) is 40.2. The van der Waals surface area contributed by atoms with Gasteiger partial charge in [-0.25, -0.2) is 24.9 Å². The molecule has 0 unspecified atom stereocenters. The summed E-state index contributed by atoms with van der Waals surface area (Å²) in [5, 5.41) is 16.9. The van der Waals surface area contributed by atoms with Gasteiger partial charge in [-0.1, -0.05) is 102 Å². The van der Waals surface area contributed by atoms with Gasteiger partial charge >= 0.3 is 19.5 Å². The minimum Gasteiger partial charge on any atom is -0.696 e. The molecule has 0 radical (unpaired) electrons. The third-order valence-electron chi connectivity index (χ3n) is 9.39. The van der Waals surface area contributed by atoms with Crippen LogP contribution in [0.3, 0.4) is 0 Å². The van der Waals surface area contributed by atoms with Crippen molar-refractivity contribution >= 4 is 55.5 Å². The van der Waals surface area contributed by atoms with Crippen LogP contribution in [-0.2, 0) is 67.2 Å². The first kappa shape index (κ1) is 55.6. The number of pyridine rings is 4. The maximum atomic E-state index is 13.8. The molecule has 0 N–H and O–H groups in total. The van der Waals surface area contributed by atoms with Gasteiger partial charge in [-0.3, -0.25) is 24.5 Å². The molecule has 0 fully saturated rings. The Kier molecular flexibility index (Phi) is 31.8. The molecule has 4 heterocycles. The molecule has 0 aliphatic carbocycles. The molecule has 0 spiro atoms. The molecule has 0 aliphatic rings. The zero-order valence-electron chi connectivity index (χ0n) is 36.0. The molecule has 334 valence electrons. The molecule has 5 aromatic rings. The first-order chi connectivity index (χ1) is 30.4. The van der Waals surface area contributed by atoms with Gasteiger partial charge in [0.25, 0.3) is 12.9 Å². The van der Waals surface area contributed by atoms with E-state index >= 15 is 0 Å². The predicted molar refractivity (Wildman–Crippen MR) is 247 cm³/mol. The number of aryl methyl sites for hydroxylation is 2. The third kappa shape index (κ3) is 23.5. The molecule has 11 nitrogen and oxygen atoms in total. The number of nitrogens with zero attached hydrogens (tertiary/aromatic N) is 7. The van der Waals surface area contributed by atoms with Gasteiger partial charge in [-0.2, -0.15) is 0 Å². The molecular weight excluding hydrogens is 923 g/mol. The monoisotopic (exact) mass is 979 g/mol. The molecule has 0 aliphatic heterocycles. The number of hydrogen-bond acceptors (Lipinski definition) is 13. The molecule has 5 rings (SSSR count). The van der Waals surface area contributed by atoms with Crippen LogP contribution in [0.15, 0.2) is 97.6 Å². The molecule has 1 aromatic carbocycles. The summed E-state index contributed by atoms with van der Waals surface area (Å²) in [5.41, 5.74) is 4.45. The van der Waals surface area contributed by atoms with Crippen molar-refractivity contribution < 1.29 is 42.9 Å². The van der Waals surface area contributed by atoms with Gasteiger partial charge in [0, 0.05) is 42.6 Å². The van der Waals surface area contributed by atoms with Crippen LogP contribution >= 0.6 is 0 Å².